The zero-order chi connectivity index (χ0) is 6.69. The Kier molecular flexibility index (Phi) is 1.13. The first-order chi connectivity index (χ1) is 4.33. The molecular weight excluding hydrogens is 96.1 g/mol. The second-order valence-corrected chi connectivity index (χ2v) is 1.54. The van der Waals surface area contributed by atoms with Crippen LogP contribution in [0.1, 0.15) is 6.93 Å². The molecule has 0 amide bonds. The monoisotopic (exact) mass is 105 g/mol. The van der Waals surface area contributed by atoms with Crippen LogP contribution in [-0.4, -0.2) is 0 Å². The van der Waals surface area contributed by atoms with Gasteiger partial charge in [-0.25, -0.2) is 0 Å². The summed E-state index contributed by atoms with van der Waals surface area (Å²) in [7, 11) is 0. The number of benzene rings is 1. The molecule has 0 heterocycles. The van der Waals surface area contributed by atoms with Crippen molar-refractivity contribution in [3.8, 4) is 0 Å². The molecule has 0 heteroatoms. The molecular formula is C8H8. The molecule has 0 saturated carbocycles. The van der Waals surface area contributed by atoms with Crippen molar-refractivity contribution in [2.75, 3.05) is 0 Å². The van der Waals surface area contributed by atoms with Crippen LogP contribution in [0.5, 0.6) is 0 Å². The van der Waals surface area contributed by atoms with Gasteiger partial charge in [0.2, 0.25) is 0 Å². The second-order valence-electron chi connectivity index (χ2n) is 1.54. The molecule has 0 aliphatic heterocycles. The lowest BCUT2D eigenvalue weighted by atomic mass is 10.2. The normalized spacial score (nSPS) is 10.2. The lowest BCUT2D eigenvalue weighted by Crippen LogP contribution is -1.63. The SMILES string of the molecule is [2H]c1cccc(C=C)c1. The molecule has 0 N–H and O–H groups in total. The Morgan fingerprint density at radius 2 is 2.38 bits per heavy atom. The first-order valence-electron chi connectivity index (χ1n) is 3.02. The van der Waals surface area contributed by atoms with Crippen LogP contribution in [0.15, 0.2) is 36.9 Å². The average Bonchev–Trinajstić information content (AvgIpc) is 1.88. The molecule has 0 bridgehead atoms. The maximum atomic E-state index is 7.19. The minimum atomic E-state index is 0.535. The summed E-state index contributed by atoms with van der Waals surface area (Å²) in [4.78, 5) is 0. The third kappa shape index (κ3) is 0.969. The molecule has 1 aromatic carbocycles. The van der Waals surface area contributed by atoms with Crippen molar-refractivity contribution in [3.63, 3.8) is 0 Å². The Balaban J connectivity index is 3.07. The van der Waals surface area contributed by atoms with Crippen molar-refractivity contribution in [2.45, 2.75) is 0 Å². The van der Waals surface area contributed by atoms with E-state index < -0.39 is 0 Å². The summed E-state index contributed by atoms with van der Waals surface area (Å²) >= 11 is 0. The van der Waals surface area contributed by atoms with Crippen LogP contribution in [0, 0.1) is 0 Å². The van der Waals surface area contributed by atoms with E-state index in [1.165, 1.54) is 0 Å². The standard InChI is InChI=1S/C8H8/c1-2-8-6-4-3-5-7-8/h2-7H,1H2/i4D. The van der Waals surface area contributed by atoms with Gasteiger partial charge >= 0.3 is 0 Å². The van der Waals surface area contributed by atoms with E-state index in [-0.39, 0.29) is 0 Å². The fourth-order valence-corrected chi connectivity index (χ4v) is 0.534. The van der Waals surface area contributed by atoms with E-state index in [2.05, 4.69) is 6.58 Å². The largest absolute Gasteiger partial charge is 0.0985 e. The molecule has 0 aliphatic carbocycles. The van der Waals surface area contributed by atoms with E-state index in [9.17, 15) is 0 Å². The molecule has 0 atom stereocenters. The number of hydrogen-bond acceptors (Lipinski definition) is 0. The Bertz CT molecular complexity index is 216. The number of hydrogen-bond donors (Lipinski definition) is 0. The predicted molar refractivity (Wildman–Crippen MR) is 36.5 cm³/mol. The van der Waals surface area contributed by atoms with Crippen LogP contribution < -0.4 is 0 Å². The smallest absolute Gasteiger partial charge is 0.0623 e. The maximum Gasteiger partial charge on any atom is 0.0623 e. The fourth-order valence-electron chi connectivity index (χ4n) is 0.534. The van der Waals surface area contributed by atoms with Crippen LogP contribution in [0.2, 0.25) is 0 Å². The zero-order valence-electron chi connectivity index (χ0n) is 5.59. The zero-order valence-corrected chi connectivity index (χ0v) is 4.59. The lowest BCUT2D eigenvalue weighted by Gasteiger charge is -1.85. The van der Waals surface area contributed by atoms with Crippen LogP contribution in [0.25, 0.3) is 6.08 Å². The first kappa shape index (κ1) is 3.90. The summed E-state index contributed by atoms with van der Waals surface area (Å²) in [5.74, 6) is 0. The minimum absolute atomic E-state index is 0.535. The summed E-state index contributed by atoms with van der Waals surface area (Å²) in [6.45, 7) is 3.59. The van der Waals surface area contributed by atoms with E-state index in [1.54, 1.807) is 18.2 Å². The van der Waals surface area contributed by atoms with Gasteiger partial charge in [0, 0.05) is 0 Å². The maximum absolute atomic E-state index is 7.19. The van der Waals surface area contributed by atoms with Gasteiger partial charge in [0.25, 0.3) is 0 Å². The topological polar surface area (TPSA) is 0 Å². The van der Waals surface area contributed by atoms with E-state index in [4.69, 9.17) is 1.37 Å². The van der Waals surface area contributed by atoms with Gasteiger partial charge in [0.05, 0.1) is 1.37 Å². The van der Waals surface area contributed by atoms with Crippen molar-refractivity contribution >= 4 is 6.08 Å². The van der Waals surface area contributed by atoms with Gasteiger partial charge in [-0.05, 0) is 5.56 Å². The molecule has 0 aliphatic rings. The molecule has 1 aromatic rings. The van der Waals surface area contributed by atoms with Crippen molar-refractivity contribution in [1.82, 2.24) is 0 Å². The van der Waals surface area contributed by atoms with Crippen LogP contribution in [0.4, 0.5) is 0 Å². The highest BCUT2D eigenvalue weighted by Crippen LogP contribution is 1.97. The quantitative estimate of drug-likeness (QED) is 0.514. The van der Waals surface area contributed by atoms with Crippen LogP contribution >= 0.6 is 0 Å². The third-order valence-corrected chi connectivity index (χ3v) is 0.967. The van der Waals surface area contributed by atoms with Gasteiger partial charge in [-0.3, -0.25) is 0 Å². The summed E-state index contributed by atoms with van der Waals surface area (Å²) in [5, 5.41) is 0. The van der Waals surface area contributed by atoms with E-state index in [1.807, 2.05) is 12.1 Å². The summed E-state index contributed by atoms with van der Waals surface area (Å²) in [6.07, 6.45) is 1.73. The van der Waals surface area contributed by atoms with Gasteiger partial charge in [-0.1, -0.05) is 43.0 Å². The molecule has 40 valence electrons. The van der Waals surface area contributed by atoms with Crippen LogP contribution in [0.3, 0.4) is 0 Å². The molecule has 0 radical (unpaired) electrons. The van der Waals surface area contributed by atoms with Crippen molar-refractivity contribution in [1.29, 1.82) is 0 Å². The van der Waals surface area contributed by atoms with Gasteiger partial charge in [0.1, 0.15) is 0 Å². The molecule has 0 saturated heterocycles. The first-order valence-corrected chi connectivity index (χ1v) is 2.52. The van der Waals surface area contributed by atoms with Gasteiger partial charge in [-0.15, -0.1) is 0 Å². The molecule has 0 aromatic heterocycles. The van der Waals surface area contributed by atoms with Crippen molar-refractivity contribution < 1.29 is 1.37 Å². The third-order valence-electron chi connectivity index (χ3n) is 0.967. The molecule has 8 heavy (non-hydrogen) atoms. The Morgan fingerprint density at radius 1 is 1.50 bits per heavy atom. The van der Waals surface area contributed by atoms with Gasteiger partial charge in [-0.2, -0.15) is 0 Å². The van der Waals surface area contributed by atoms with Gasteiger partial charge < -0.3 is 0 Å². The Hall–Kier alpha value is -1.04. The summed E-state index contributed by atoms with van der Waals surface area (Å²) < 4.78 is 7.19. The summed E-state index contributed by atoms with van der Waals surface area (Å²) in [6, 6.07) is 7.82. The molecule has 1 rings (SSSR count). The van der Waals surface area contributed by atoms with Crippen molar-refractivity contribution in [2.24, 2.45) is 0 Å². The van der Waals surface area contributed by atoms with Crippen molar-refractivity contribution in [3.05, 3.63) is 42.5 Å². The molecule has 0 spiro atoms. The van der Waals surface area contributed by atoms with Gasteiger partial charge in [0.15, 0.2) is 0 Å². The molecule has 0 nitrogen and oxygen atoms in total. The highest BCUT2D eigenvalue weighted by molar-refractivity contribution is 5.45. The number of rotatable bonds is 1. The lowest BCUT2D eigenvalue weighted by molar-refractivity contribution is 1.67. The Labute approximate surface area is 50.9 Å². The molecule has 0 unspecified atom stereocenters. The summed E-state index contributed by atoms with van der Waals surface area (Å²) in [5.41, 5.74) is 1.00. The van der Waals surface area contributed by atoms with E-state index in [0.717, 1.165) is 5.56 Å². The minimum Gasteiger partial charge on any atom is -0.0985 e. The molecule has 0 fully saturated rings. The highest BCUT2D eigenvalue weighted by atomic mass is 13.8. The Morgan fingerprint density at radius 3 is 2.88 bits per heavy atom. The van der Waals surface area contributed by atoms with E-state index in [0.29, 0.717) is 6.04 Å². The fraction of sp³-hybridized carbons (Fsp3) is 0. The van der Waals surface area contributed by atoms with E-state index >= 15 is 0 Å². The second kappa shape index (κ2) is 2.31. The predicted octanol–water partition coefficient (Wildman–Crippen LogP) is 2.33. The van der Waals surface area contributed by atoms with Crippen LogP contribution in [-0.2, 0) is 0 Å². The highest BCUT2D eigenvalue weighted by Gasteiger charge is 1.75. The average molecular weight is 105 g/mol.